The first-order chi connectivity index (χ1) is 10.2. The van der Waals surface area contributed by atoms with Gasteiger partial charge < -0.3 is 5.32 Å². The molecule has 0 aliphatic rings. The zero-order chi connectivity index (χ0) is 15.2. The molecule has 0 aliphatic heterocycles. The zero-order valence-corrected chi connectivity index (χ0v) is 13.3. The van der Waals surface area contributed by atoms with E-state index < -0.39 is 11.6 Å². The van der Waals surface area contributed by atoms with E-state index in [9.17, 15) is 8.78 Å². The van der Waals surface area contributed by atoms with Crippen LogP contribution in [-0.2, 0) is 12.8 Å². The molecule has 0 fully saturated rings. The molecule has 2 rings (SSSR count). The van der Waals surface area contributed by atoms with Crippen LogP contribution in [0.3, 0.4) is 0 Å². The first-order valence-corrected chi connectivity index (χ1v) is 8.22. The molecule has 1 aromatic heterocycles. The van der Waals surface area contributed by atoms with Crippen molar-refractivity contribution in [3.8, 4) is 0 Å². The van der Waals surface area contributed by atoms with Gasteiger partial charge in [0.2, 0.25) is 0 Å². The zero-order valence-electron chi connectivity index (χ0n) is 12.5. The second-order valence-electron chi connectivity index (χ2n) is 5.08. The van der Waals surface area contributed by atoms with Crippen LogP contribution in [0.5, 0.6) is 0 Å². The molecule has 1 nitrogen and oxygen atoms in total. The van der Waals surface area contributed by atoms with Crippen molar-refractivity contribution in [2.75, 3.05) is 6.54 Å². The maximum atomic E-state index is 14.0. The van der Waals surface area contributed by atoms with E-state index in [4.69, 9.17) is 0 Å². The molecule has 1 heterocycles. The molecule has 0 aliphatic carbocycles. The molecular weight excluding hydrogens is 288 g/mol. The molecule has 2 aromatic rings. The predicted octanol–water partition coefficient (Wildman–Crippen LogP) is 4.87. The molecular formula is C17H21F2NS. The quantitative estimate of drug-likeness (QED) is 0.769. The molecule has 0 radical (unpaired) electrons. The van der Waals surface area contributed by atoms with E-state index >= 15 is 0 Å². The van der Waals surface area contributed by atoms with E-state index in [0.29, 0.717) is 12.0 Å². The smallest absolute Gasteiger partial charge is 0.163 e. The SMILES string of the molecule is CCCNC(Cc1ccc(CC)s1)c1cccc(F)c1F. The summed E-state index contributed by atoms with van der Waals surface area (Å²) in [5.41, 5.74) is 0.412. The Labute approximate surface area is 129 Å². The summed E-state index contributed by atoms with van der Waals surface area (Å²) in [5, 5.41) is 3.33. The molecule has 0 bridgehead atoms. The van der Waals surface area contributed by atoms with Gasteiger partial charge in [0.1, 0.15) is 0 Å². The van der Waals surface area contributed by atoms with Crippen LogP contribution in [0.15, 0.2) is 30.3 Å². The number of hydrogen-bond donors (Lipinski definition) is 1. The van der Waals surface area contributed by atoms with Crippen molar-refractivity contribution < 1.29 is 8.78 Å². The Morgan fingerprint density at radius 3 is 2.52 bits per heavy atom. The summed E-state index contributed by atoms with van der Waals surface area (Å²) in [6.45, 7) is 4.97. The van der Waals surface area contributed by atoms with Crippen molar-refractivity contribution in [1.29, 1.82) is 0 Å². The van der Waals surface area contributed by atoms with Gasteiger partial charge in [0.05, 0.1) is 0 Å². The van der Waals surface area contributed by atoms with Gasteiger partial charge in [-0.25, -0.2) is 8.78 Å². The summed E-state index contributed by atoms with van der Waals surface area (Å²) in [6.07, 6.45) is 2.65. The van der Waals surface area contributed by atoms with E-state index in [0.717, 1.165) is 25.5 Å². The van der Waals surface area contributed by atoms with Gasteiger partial charge in [-0.05, 0) is 37.6 Å². The van der Waals surface area contributed by atoms with Crippen molar-refractivity contribution >= 4 is 11.3 Å². The average molecular weight is 309 g/mol. The minimum absolute atomic E-state index is 0.191. The highest BCUT2D eigenvalue weighted by molar-refractivity contribution is 7.11. The van der Waals surface area contributed by atoms with Crippen LogP contribution in [0, 0.1) is 11.6 Å². The Kier molecular flexibility index (Phi) is 5.88. The first kappa shape index (κ1) is 16.1. The number of hydrogen-bond acceptors (Lipinski definition) is 2. The third-order valence-corrected chi connectivity index (χ3v) is 4.72. The third-order valence-electron chi connectivity index (χ3n) is 3.47. The van der Waals surface area contributed by atoms with E-state index in [2.05, 4.69) is 31.3 Å². The summed E-state index contributed by atoms with van der Waals surface area (Å²) >= 11 is 1.74. The number of rotatable bonds is 7. The molecule has 21 heavy (non-hydrogen) atoms. The fourth-order valence-corrected chi connectivity index (χ4v) is 3.33. The van der Waals surface area contributed by atoms with Crippen LogP contribution in [0.25, 0.3) is 0 Å². The molecule has 0 saturated heterocycles. The fourth-order valence-electron chi connectivity index (χ4n) is 2.32. The lowest BCUT2D eigenvalue weighted by Crippen LogP contribution is -2.25. The van der Waals surface area contributed by atoms with Gasteiger partial charge >= 0.3 is 0 Å². The second kappa shape index (κ2) is 7.66. The topological polar surface area (TPSA) is 12.0 Å². The Hall–Kier alpha value is -1.26. The molecule has 0 amide bonds. The third kappa shape index (κ3) is 4.11. The highest BCUT2D eigenvalue weighted by atomic mass is 32.1. The summed E-state index contributed by atoms with van der Waals surface area (Å²) in [4.78, 5) is 2.52. The minimum atomic E-state index is -0.781. The lowest BCUT2D eigenvalue weighted by atomic mass is 10.0. The van der Waals surface area contributed by atoms with Crippen molar-refractivity contribution in [3.63, 3.8) is 0 Å². The second-order valence-corrected chi connectivity index (χ2v) is 6.33. The first-order valence-electron chi connectivity index (χ1n) is 7.40. The molecule has 4 heteroatoms. The standard InChI is InChI=1S/C17H21F2NS/c1-3-10-20-16(11-13-9-8-12(4-2)21-13)14-6-5-7-15(18)17(14)19/h5-9,16,20H,3-4,10-11H2,1-2H3. The maximum absolute atomic E-state index is 14.0. The predicted molar refractivity (Wildman–Crippen MR) is 84.8 cm³/mol. The van der Waals surface area contributed by atoms with Crippen molar-refractivity contribution in [2.45, 2.75) is 39.2 Å². The van der Waals surface area contributed by atoms with Crippen LogP contribution in [0.2, 0.25) is 0 Å². The van der Waals surface area contributed by atoms with Crippen molar-refractivity contribution in [3.05, 3.63) is 57.3 Å². The molecule has 0 spiro atoms. The highest BCUT2D eigenvalue weighted by Crippen LogP contribution is 2.26. The van der Waals surface area contributed by atoms with Crippen LogP contribution in [0.4, 0.5) is 8.78 Å². The van der Waals surface area contributed by atoms with Gasteiger partial charge in [-0.3, -0.25) is 0 Å². The average Bonchev–Trinajstić information content (AvgIpc) is 2.94. The van der Waals surface area contributed by atoms with Gasteiger partial charge in [0, 0.05) is 27.8 Å². The fraction of sp³-hybridized carbons (Fsp3) is 0.412. The lowest BCUT2D eigenvalue weighted by Gasteiger charge is -2.19. The summed E-state index contributed by atoms with van der Waals surface area (Å²) in [6, 6.07) is 8.40. The van der Waals surface area contributed by atoms with Gasteiger partial charge in [0.25, 0.3) is 0 Å². The van der Waals surface area contributed by atoms with E-state index in [1.807, 2.05) is 0 Å². The Balaban J connectivity index is 2.23. The molecule has 1 N–H and O–H groups in total. The van der Waals surface area contributed by atoms with Crippen LogP contribution < -0.4 is 5.32 Å². The largest absolute Gasteiger partial charge is 0.310 e. The van der Waals surface area contributed by atoms with Crippen molar-refractivity contribution in [2.24, 2.45) is 0 Å². The normalized spacial score (nSPS) is 12.6. The lowest BCUT2D eigenvalue weighted by molar-refractivity contribution is 0.460. The number of benzene rings is 1. The minimum Gasteiger partial charge on any atom is -0.310 e. The maximum Gasteiger partial charge on any atom is 0.163 e. The Morgan fingerprint density at radius 2 is 1.86 bits per heavy atom. The number of nitrogens with one attached hydrogen (secondary N) is 1. The summed E-state index contributed by atoms with van der Waals surface area (Å²) < 4.78 is 27.5. The summed E-state index contributed by atoms with van der Waals surface area (Å²) in [5.74, 6) is -1.52. The molecule has 1 unspecified atom stereocenters. The van der Waals surface area contributed by atoms with E-state index in [1.165, 1.54) is 9.75 Å². The van der Waals surface area contributed by atoms with E-state index in [1.54, 1.807) is 23.5 Å². The highest BCUT2D eigenvalue weighted by Gasteiger charge is 2.18. The summed E-state index contributed by atoms with van der Waals surface area (Å²) in [7, 11) is 0. The molecule has 0 saturated carbocycles. The number of halogens is 2. The molecule has 1 aromatic carbocycles. The monoisotopic (exact) mass is 309 g/mol. The van der Waals surface area contributed by atoms with Gasteiger partial charge in [0.15, 0.2) is 11.6 Å². The van der Waals surface area contributed by atoms with Crippen molar-refractivity contribution in [1.82, 2.24) is 5.32 Å². The van der Waals surface area contributed by atoms with Crippen LogP contribution in [0.1, 0.15) is 41.6 Å². The Bertz CT molecular complexity index is 580. The Morgan fingerprint density at radius 1 is 1.10 bits per heavy atom. The van der Waals surface area contributed by atoms with Gasteiger partial charge in [-0.2, -0.15) is 0 Å². The van der Waals surface area contributed by atoms with E-state index in [-0.39, 0.29) is 6.04 Å². The van der Waals surface area contributed by atoms with Gasteiger partial charge in [-0.1, -0.05) is 26.0 Å². The van der Waals surface area contributed by atoms with Gasteiger partial charge in [-0.15, -0.1) is 11.3 Å². The molecule has 114 valence electrons. The van der Waals surface area contributed by atoms with Crippen LogP contribution in [-0.4, -0.2) is 6.54 Å². The number of thiophene rings is 1. The van der Waals surface area contributed by atoms with Crippen LogP contribution >= 0.6 is 11.3 Å². The number of aryl methyl sites for hydroxylation is 1. The molecule has 1 atom stereocenters.